The molecule has 3 aromatic carbocycles. The Labute approximate surface area is 193 Å². The summed E-state index contributed by atoms with van der Waals surface area (Å²) in [5, 5.41) is 1.08. The van der Waals surface area contributed by atoms with Crippen molar-refractivity contribution >= 4 is 16.8 Å². The molecular weight excluding hydrogens is 416 g/mol. The van der Waals surface area contributed by atoms with Gasteiger partial charge in [-0.05, 0) is 55.0 Å². The topological polar surface area (TPSA) is 63.8 Å². The second kappa shape index (κ2) is 10.1. The molecule has 33 heavy (non-hydrogen) atoms. The lowest BCUT2D eigenvalue weighted by molar-refractivity contribution is -0.134. The zero-order valence-corrected chi connectivity index (χ0v) is 19.1. The van der Waals surface area contributed by atoms with E-state index < -0.39 is 0 Å². The summed E-state index contributed by atoms with van der Waals surface area (Å²) < 4.78 is 16.3. The van der Waals surface area contributed by atoms with Crippen LogP contribution >= 0.6 is 0 Å². The largest absolute Gasteiger partial charge is 0.497 e. The molecule has 0 aliphatic rings. The average molecular weight is 445 g/mol. The van der Waals surface area contributed by atoms with Crippen molar-refractivity contribution in [1.29, 1.82) is 0 Å². The van der Waals surface area contributed by atoms with E-state index in [1.165, 1.54) is 0 Å². The van der Waals surface area contributed by atoms with Gasteiger partial charge in [-0.25, -0.2) is 0 Å². The number of carbonyl (C=O) groups excluding carboxylic acids is 1. The van der Waals surface area contributed by atoms with Crippen LogP contribution in [0, 0.1) is 0 Å². The molecular formula is C27H28N2O4. The number of nitrogens with zero attached hydrogens (tertiary/aromatic N) is 1. The smallest absolute Gasteiger partial charge is 0.261 e. The first kappa shape index (κ1) is 22.3. The van der Waals surface area contributed by atoms with Crippen molar-refractivity contribution in [3.63, 3.8) is 0 Å². The van der Waals surface area contributed by atoms with Gasteiger partial charge in [-0.3, -0.25) is 4.79 Å². The molecule has 0 spiro atoms. The Kier molecular flexibility index (Phi) is 6.83. The van der Waals surface area contributed by atoms with Crippen LogP contribution in [0.3, 0.4) is 0 Å². The molecule has 0 aliphatic heterocycles. The standard InChI is InChI=1S/C27H28N2O4/c1-4-29(26(30)18-33-22-15-13-21(32-3)14-16-22)27(19-9-11-20(31-2)12-10-19)24-17-28-25-8-6-5-7-23(24)25/h5-17,27-28H,4,18H2,1-3H3/t27-/m1/s1. The molecule has 1 amide bonds. The summed E-state index contributed by atoms with van der Waals surface area (Å²) in [4.78, 5) is 18.6. The van der Waals surface area contributed by atoms with E-state index in [0.717, 1.165) is 33.5 Å². The van der Waals surface area contributed by atoms with Crippen LogP contribution in [0.2, 0.25) is 0 Å². The summed E-state index contributed by atoms with van der Waals surface area (Å²) in [6.07, 6.45) is 1.99. The lowest BCUT2D eigenvalue weighted by Crippen LogP contribution is -2.38. The van der Waals surface area contributed by atoms with Gasteiger partial charge in [-0.15, -0.1) is 0 Å². The summed E-state index contributed by atoms with van der Waals surface area (Å²) in [5.74, 6) is 2.03. The first-order valence-corrected chi connectivity index (χ1v) is 10.9. The van der Waals surface area contributed by atoms with Crippen LogP contribution in [0.1, 0.15) is 24.1 Å². The minimum Gasteiger partial charge on any atom is -0.497 e. The Hall–Kier alpha value is -3.93. The number of aromatic nitrogens is 1. The normalized spacial score (nSPS) is 11.7. The number of hydrogen-bond donors (Lipinski definition) is 1. The number of H-pyrrole nitrogens is 1. The van der Waals surface area contributed by atoms with Gasteiger partial charge in [-0.2, -0.15) is 0 Å². The number of rotatable bonds is 9. The van der Waals surface area contributed by atoms with Gasteiger partial charge in [0.2, 0.25) is 0 Å². The number of carbonyl (C=O) groups is 1. The molecule has 1 heterocycles. The first-order chi connectivity index (χ1) is 16.1. The molecule has 4 aromatic rings. The highest BCUT2D eigenvalue weighted by molar-refractivity contribution is 5.86. The van der Waals surface area contributed by atoms with Crippen molar-refractivity contribution in [2.24, 2.45) is 0 Å². The summed E-state index contributed by atoms with van der Waals surface area (Å²) in [7, 11) is 3.26. The number of amides is 1. The zero-order valence-electron chi connectivity index (χ0n) is 19.1. The molecule has 6 nitrogen and oxygen atoms in total. The molecule has 1 atom stereocenters. The van der Waals surface area contributed by atoms with E-state index in [1.54, 1.807) is 26.4 Å². The third-order valence-electron chi connectivity index (χ3n) is 5.74. The number of likely N-dealkylation sites (N-methyl/N-ethyl adjacent to an activating group) is 1. The van der Waals surface area contributed by atoms with E-state index >= 15 is 0 Å². The van der Waals surface area contributed by atoms with Crippen molar-refractivity contribution in [3.8, 4) is 17.2 Å². The van der Waals surface area contributed by atoms with Crippen molar-refractivity contribution in [2.75, 3.05) is 27.4 Å². The molecule has 0 aliphatic carbocycles. The first-order valence-electron chi connectivity index (χ1n) is 10.9. The SMILES string of the molecule is CCN(C(=O)COc1ccc(OC)cc1)[C@H](c1ccc(OC)cc1)c1c[nH]c2ccccc12. The number of ether oxygens (including phenoxy) is 3. The van der Waals surface area contributed by atoms with E-state index in [2.05, 4.69) is 11.1 Å². The van der Waals surface area contributed by atoms with Crippen LogP contribution in [0.25, 0.3) is 10.9 Å². The summed E-state index contributed by atoms with van der Waals surface area (Å²) in [6.45, 7) is 2.45. The zero-order chi connectivity index (χ0) is 23.2. The van der Waals surface area contributed by atoms with E-state index in [4.69, 9.17) is 14.2 Å². The van der Waals surface area contributed by atoms with Gasteiger partial charge in [0.15, 0.2) is 6.61 Å². The van der Waals surface area contributed by atoms with Crippen LogP contribution in [-0.2, 0) is 4.79 Å². The molecule has 1 aromatic heterocycles. The lowest BCUT2D eigenvalue weighted by atomic mass is 9.96. The quantitative estimate of drug-likeness (QED) is 0.385. The van der Waals surface area contributed by atoms with Gasteiger partial charge in [0.1, 0.15) is 17.2 Å². The molecule has 170 valence electrons. The fourth-order valence-corrected chi connectivity index (χ4v) is 4.04. The molecule has 0 radical (unpaired) electrons. The second-order valence-electron chi connectivity index (χ2n) is 7.61. The third-order valence-corrected chi connectivity index (χ3v) is 5.74. The van der Waals surface area contributed by atoms with E-state index in [1.807, 2.05) is 72.6 Å². The van der Waals surface area contributed by atoms with Crippen molar-refractivity contribution < 1.29 is 19.0 Å². The lowest BCUT2D eigenvalue weighted by Gasteiger charge is -2.31. The molecule has 4 rings (SSSR count). The molecule has 1 N–H and O–H groups in total. The number of para-hydroxylation sites is 1. The number of aromatic amines is 1. The maximum absolute atomic E-state index is 13.4. The minimum atomic E-state index is -0.274. The van der Waals surface area contributed by atoms with Gasteiger partial charge in [-0.1, -0.05) is 30.3 Å². The second-order valence-corrected chi connectivity index (χ2v) is 7.61. The Morgan fingerprint density at radius 1 is 0.879 bits per heavy atom. The monoisotopic (exact) mass is 444 g/mol. The predicted molar refractivity (Wildman–Crippen MR) is 129 cm³/mol. The van der Waals surface area contributed by atoms with Crippen LogP contribution < -0.4 is 14.2 Å². The maximum Gasteiger partial charge on any atom is 0.261 e. The van der Waals surface area contributed by atoms with Crippen LogP contribution in [0.15, 0.2) is 79.0 Å². The number of nitrogens with one attached hydrogen (secondary N) is 1. The third kappa shape index (κ3) is 4.80. The fourth-order valence-electron chi connectivity index (χ4n) is 4.04. The highest BCUT2D eigenvalue weighted by Gasteiger charge is 2.28. The van der Waals surface area contributed by atoms with E-state index in [-0.39, 0.29) is 18.6 Å². The van der Waals surface area contributed by atoms with Gasteiger partial charge in [0.05, 0.1) is 20.3 Å². The number of hydrogen-bond acceptors (Lipinski definition) is 4. The fraction of sp³-hybridized carbons (Fsp3) is 0.222. The highest BCUT2D eigenvalue weighted by atomic mass is 16.5. The van der Waals surface area contributed by atoms with Gasteiger partial charge >= 0.3 is 0 Å². The molecule has 0 saturated carbocycles. The van der Waals surface area contributed by atoms with E-state index in [9.17, 15) is 4.79 Å². The summed E-state index contributed by atoms with van der Waals surface area (Å²) in [6, 6.07) is 22.9. The van der Waals surface area contributed by atoms with Gasteiger partial charge in [0, 0.05) is 29.2 Å². The van der Waals surface area contributed by atoms with Crippen molar-refractivity contribution in [2.45, 2.75) is 13.0 Å². The Morgan fingerprint density at radius 3 is 2.12 bits per heavy atom. The van der Waals surface area contributed by atoms with E-state index in [0.29, 0.717) is 12.3 Å². The average Bonchev–Trinajstić information content (AvgIpc) is 3.30. The molecule has 0 fully saturated rings. The minimum absolute atomic E-state index is 0.0603. The predicted octanol–water partition coefficient (Wildman–Crippen LogP) is 5.20. The van der Waals surface area contributed by atoms with Crippen molar-refractivity contribution in [1.82, 2.24) is 9.88 Å². The molecule has 0 bridgehead atoms. The maximum atomic E-state index is 13.4. The Bertz CT molecular complexity index is 1200. The highest BCUT2D eigenvalue weighted by Crippen LogP contribution is 2.34. The number of fused-ring (bicyclic) bond motifs is 1. The van der Waals surface area contributed by atoms with Crippen LogP contribution in [0.5, 0.6) is 17.2 Å². The number of benzene rings is 3. The van der Waals surface area contributed by atoms with Crippen molar-refractivity contribution in [3.05, 3.63) is 90.1 Å². The van der Waals surface area contributed by atoms with Gasteiger partial charge in [0.25, 0.3) is 5.91 Å². The Balaban J connectivity index is 1.65. The Morgan fingerprint density at radius 2 is 1.48 bits per heavy atom. The summed E-state index contributed by atoms with van der Waals surface area (Å²) in [5.41, 5.74) is 3.07. The van der Waals surface area contributed by atoms with Crippen LogP contribution in [0.4, 0.5) is 0 Å². The van der Waals surface area contributed by atoms with Gasteiger partial charge < -0.3 is 24.1 Å². The molecule has 0 saturated heterocycles. The number of methoxy groups -OCH3 is 2. The summed E-state index contributed by atoms with van der Waals surface area (Å²) >= 11 is 0. The van der Waals surface area contributed by atoms with Crippen LogP contribution in [-0.4, -0.2) is 43.2 Å². The molecule has 6 heteroatoms. The molecule has 0 unspecified atom stereocenters.